The highest BCUT2D eigenvalue weighted by molar-refractivity contribution is 14.1. The first-order chi connectivity index (χ1) is 6.59. The number of carbonyl (C=O) groups excluding carboxylic acids is 2. The van der Waals surface area contributed by atoms with Gasteiger partial charge in [-0.15, -0.1) is 0 Å². The predicted octanol–water partition coefficient (Wildman–Crippen LogP) is 2.53. The first-order valence-electron chi connectivity index (χ1n) is 4.16. The fraction of sp³-hybridized carbons (Fsp3) is 0.0909. The van der Waals surface area contributed by atoms with Crippen LogP contribution < -0.4 is 0 Å². The fourth-order valence-corrected chi connectivity index (χ4v) is 2.56. The lowest BCUT2D eigenvalue weighted by molar-refractivity contribution is 0.0993. The van der Waals surface area contributed by atoms with Gasteiger partial charge < -0.3 is 0 Å². The summed E-state index contributed by atoms with van der Waals surface area (Å²) in [6.07, 6.45) is 2.67. The molecule has 0 amide bonds. The zero-order chi connectivity index (χ0) is 10.3. The maximum Gasteiger partial charge on any atom is 0.187 e. The fourth-order valence-electron chi connectivity index (χ4n) is 1.51. The van der Waals surface area contributed by atoms with Crippen molar-refractivity contribution in [2.45, 2.75) is 6.92 Å². The van der Waals surface area contributed by atoms with Gasteiger partial charge in [-0.05, 0) is 59.4 Å². The number of halogens is 1. The number of benzene rings is 1. The molecule has 2 nitrogen and oxygen atoms in total. The number of hydrogen-bond donors (Lipinski definition) is 0. The molecular formula is C11H7IO2. The summed E-state index contributed by atoms with van der Waals surface area (Å²) >= 11 is 2.09. The Bertz CT molecular complexity index is 472. The number of allylic oxidation sites excluding steroid dienone is 2. The Balaban J connectivity index is 2.78. The lowest BCUT2D eigenvalue weighted by Crippen LogP contribution is -2.13. The highest BCUT2D eigenvalue weighted by Crippen LogP contribution is 2.24. The standard InChI is InChI=1S/C11H7IO2/c1-6-4-7-9(13)2-3-10(14)11(7)8(12)5-6/h2-5H,1H3. The van der Waals surface area contributed by atoms with Gasteiger partial charge in [-0.3, -0.25) is 9.59 Å². The summed E-state index contributed by atoms with van der Waals surface area (Å²) in [6.45, 7) is 1.92. The maximum atomic E-state index is 11.5. The molecule has 14 heavy (non-hydrogen) atoms. The van der Waals surface area contributed by atoms with Crippen LogP contribution in [0.5, 0.6) is 0 Å². The van der Waals surface area contributed by atoms with E-state index in [0.717, 1.165) is 9.13 Å². The molecule has 0 heterocycles. The van der Waals surface area contributed by atoms with Crippen molar-refractivity contribution in [3.8, 4) is 0 Å². The van der Waals surface area contributed by atoms with Gasteiger partial charge in [0.25, 0.3) is 0 Å². The minimum atomic E-state index is -0.0822. The third-order valence-corrected chi connectivity index (χ3v) is 2.98. The number of ketones is 2. The second-order valence-corrected chi connectivity index (χ2v) is 4.39. The zero-order valence-electron chi connectivity index (χ0n) is 7.50. The Kier molecular flexibility index (Phi) is 2.26. The SMILES string of the molecule is Cc1cc(I)c2c(c1)C(=O)C=CC2=O. The van der Waals surface area contributed by atoms with Crippen molar-refractivity contribution >= 4 is 34.2 Å². The number of hydrogen-bond acceptors (Lipinski definition) is 2. The van der Waals surface area contributed by atoms with Crippen LogP contribution in [0, 0.1) is 10.5 Å². The molecule has 0 aliphatic heterocycles. The van der Waals surface area contributed by atoms with Crippen LogP contribution in [-0.2, 0) is 0 Å². The molecule has 0 spiro atoms. The van der Waals surface area contributed by atoms with E-state index in [-0.39, 0.29) is 11.6 Å². The van der Waals surface area contributed by atoms with Gasteiger partial charge in [-0.25, -0.2) is 0 Å². The van der Waals surface area contributed by atoms with Crippen molar-refractivity contribution in [1.82, 2.24) is 0 Å². The molecule has 0 atom stereocenters. The molecule has 0 radical (unpaired) electrons. The second kappa shape index (κ2) is 3.31. The summed E-state index contributed by atoms with van der Waals surface area (Å²) in [5.74, 6) is -0.162. The largest absolute Gasteiger partial charge is 0.289 e. The van der Waals surface area contributed by atoms with Gasteiger partial charge in [0.1, 0.15) is 0 Å². The molecule has 0 unspecified atom stereocenters. The van der Waals surface area contributed by atoms with Crippen molar-refractivity contribution in [3.63, 3.8) is 0 Å². The van der Waals surface area contributed by atoms with E-state index in [1.165, 1.54) is 12.2 Å². The summed E-state index contributed by atoms with van der Waals surface area (Å²) in [4.78, 5) is 23.0. The Labute approximate surface area is 95.1 Å². The van der Waals surface area contributed by atoms with Gasteiger partial charge in [0.2, 0.25) is 0 Å². The van der Waals surface area contributed by atoms with Gasteiger partial charge in [-0.2, -0.15) is 0 Å². The van der Waals surface area contributed by atoms with E-state index in [2.05, 4.69) is 22.6 Å². The van der Waals surface area contributed by atoms with Crippen LogP contribution in [0.3, 0.4) is 0 Å². The molecule has 1 aromatic carbocycles. The Morgan fingerprint density at radius 1 is 1.07 bits per heavy atom. The molecule has 0 fully saturated rings. The highest BCUT2D eigenvalue weighted by atomic mass is 127. The summed E-state index contributed by atoms with van der Waals surface area (Å²) in [7, 11) is 0. The Hall–Kier alpha value is -0.970. The average Bonchev–Trinajstić information content (AvgIpc) is 2.10. The van der Waals surface area contributed by atoms with Crippen LogP contribution in [0.2, 0.25) is 0 Å². The van der Waals surface area contributed by atoms with E-state index in [1.54, 1.807) is 6.07 Å². The van der Waals surface area contributed by atoms with Crippen molar-refractivity contribution in [2.75, 3.05) is 0 Å². The van der Waals surface area contributed by atoms with E-state index < -0.39 is 0 Å². The van der Waals surface area contributed by atoms with Crippen molar-refractivity contribution in [2.24, 2.45) is 0 Å². The predicted molar refractivity (Wildman–Crippen MR) is 61.7 cm³/mol. The minimum absolute atomic E-state index is 0.0796. The molecule has 0 saturated heterocycles. The number of carbonyl (C=O) groups is 2. The lowest BCUT2D eigenvalue weighted by atomic mass is 9.93. The first kappa shape index (κ1) is 9.58. The summed E-state index contributed by atoms with van der Waals surface area (Å²) in [5.41, 5.74) is 2.08. The molecule has 1 aliphatic carbocycles. The molecule has 0 aromatic heterocycles. The van der Waals surface area contributed by atoms with Gasteiger partial charge in [0.15, 0.2) is 11.6 Å². The quantitative estimate of drug-likeness (QED) is 0.690. The van der Waals surface area contributed by atoms with Gasteiger partial charge in [-0.1, -0.05) is 0 Å². The molecule has 2 rings (SSSR count). The maximum absolute atomic E-state index is 11.5. The normalized spacial score (nSPS) is 14.4. The number of aryl methyl sites for hydroxylation is 1. The molecule has 1 aromatic rings. The van der Waals surface area contributed by atoms with Gasteiger partial charge in [0.05, 0.1) is 0 Å². The molecule has 3 heteroatoms. The van der Waals surface area contributed by atoms with E-state index in [9.17, 15) is 9.59 Å². The lowest BCUT2D eigenvalue weighted by Gasteiger charge is -2.11. The van der Waals surface area contributed by atoms with Crippen molar-refractivity contribution < 1.29 is 9.59 Å². The van der Waals surface area contributed by atoms with E-state index in [0.29, 0.717) is 11.1 Å². The molecular weight excluding hydrogens is 291 g/mol. The Morgan fingerprint density at radius 2 is 1.71 bits per heavy atom. The average molecular weight is 298 g/mol. The zero-order valence-corrected chi connectivity index (χ0v) is 9.66. The minimum Gasteiger partial charge on any atom is -0.289 e. The summed E-state index contributed by atoms with van der Waals surface area (Å²) in [6, 6.07) is 3.67. The van der Waals surface area contributed by atoms with Gasteiger partial charge >= 0.3 is 0 Å². The summed E-state index contributed by atoms with van der Waals surface area (Å²) < 4.78 is 0.848. The van der Waals surface area contributed by atoms with Crippen LogP contribution in [0.25, 0.3) is 0 Å². The third kappa shape index (κ3) is 1.41. The molecule has 1 aliphatic rings. The van der Waals surface area contributed by atoms with Crippen molar-refractivity contribution in [1.29, 1.82) is 0 Å². The third-order valence-electron chi connectivity index (χ3n) is 2.13. The number of fused-ring (bicyclic) bond motifs is 1. The van der Waals surface area contributed by atoms with E-state index in [4.69, 9.17) is 0 Å². The monoisotopic (exact) mass is 298 g/mol. The highest BCUT2D eigenvalue weighted by Gasteiger charge is 2.21. The molecule has 0 N–H and O–H groups in total. The first-order valence-corrected chi connectivity index (χ1v) is 5.24. The van der Waals surface area contributed by atoms with Crippen LogP contribution >= 0.6 is 22.6 Å². The second-order valence-electron chi connectivity index (χ2n) is 3.23. The van der Waals surface area contributed by atoms with Crippen LogP contribution in [-0.4, -0.2) is 11.6 Å². The van der Waals surface area contributed by atoms with Crippen LogP contribution in [0.15, 0.2) is 24.3 Å². The molecule has 70 valence electrons. The smallest absolute Gasteiger partial charge is 0.187 e. The molecule has 0 saturated carbocycles. The van der Waals surface area contributed by atoms with Gasteiger partial charge in [0, 0.05) is 14.7 Å². The topological polar surface area (TPSA) is 34.1 Å². The summed E-state index contributed by atoms with van der Waals surface area (Å²) in [5, 5.41) is 0. The Morgan fingerprint density at radius 3 is 2.43 bits per heavy atom. The van der Waals surface area contributed by atoms with Crippen molar-refractivity contribution in [3.05, 3.63) is 44.5 Å². The van der Waals surface area contributed by atoms with Crippen LogP contribution in [0.4, 0.5) is 0 Å². The molecule has 0 bridgehead atoms. The van der Waals surface area contributed by atoms with E-state index in [1.807, 2.05) is 13.0 Å². The van der Waals surface area contributed by atoms with E-state index >= 15 is 0 Å². The van der Waals surface area contributed by atoms with Crippen LogP contribution in [0.1, 0.15) is 26.3 Å². The number of rotatable bonds is 0.